The maximum absolute atomic E-state index is 9.79. The molecule has 82 valence electrons. The van der Waals surface area contributed by atoms with Crippen molar-refractivity contribution in [2.75, 3.05) is 25.2 Å². The Hall–Kier alpha value is -0.480. The summed E-state index contributed by atoms with van der Waals surface area (Å²) < 4.78 is 0. The molecule has 1 saturated heterocycles. The van der Waals surface area contributed by atoms with E-state index in [0.29, 0.717) is 23.3 Å². The normalized spacial score (nSPS) is 22.4. The molecule has 0 aliphatic carbocycles. The molecule has 0 radical (unpaired) electrons. The highest BCUT2D eigenvalue weighted by molar-refractivity contribution is 6.35. The van der Waals surface area contributed by atoms with Gasteiger partial charge in [-0.3, -0.25) is 4.90 Å². The number of aliphatic hydroxyl groups is 1. The van der Waals surface area contributed by atoms with Gasteiger partial charge in [0, 0.05) is 22.3 Å². The van der Waals surface area contributed by atoms with Gasteiger partial charge >= 0.3 is 0 Å². The molecule has 1 heterocycles. The van der Waals surface area contributed by atoms with Crippen molar-refractivity contribution in [1.82, 2.24) is 4.90 Å². The molecule has 1 atom stereocenters. The van der Waals surface area contributed by atoms with Gasteiger partial charge in [-0.05, 0) is 25.2 Å². The molecule has 1 aromatic rings. The summed E-state index contributed by atoms with van der Waals surface area (Å²) in [6.45, 7) is 1.31. The standard InChI is InChI=1S/C10H12Cl2N2O/c1-13-5-10(15)14(6-13)9-3-7(11)2-8(12)4-9/h2-4,10,15H,5-6H2,1H3. The third kappa shape index (κ3) is 2.37. The van der Waals surface area contributed by atoms with Crippen LogP contribution < -0.4 is 4.90 Å². The largest absolute Gasteiger partial charge is 0.372 e. The molecule has 0 amide bonds. The highest BCUT2D eigenvalue weighted by atomic mass is 35.5. The first-order valence-corrected chi connectivity index (χ1v) is 5.41. The molecular formula is C10H12Cl2N2O. The summed E-state index contributed by atoms with van der Waals surface area (Å²) in [6.07, 6.45) is -0.496. The summed E-state index contributed by atoms with van der Waals surface area (Å²) in [5.41, 5.74) is 0.851. The van der Waals surface area contributed by atoms with Crippen LogP contribution in [0.15, 0.2) is 18.2 Å². The van der Waals surface area contributed by atoms with E-state index in [0.717, 1.165) is 5.69 Å². The van der Waals surface area contributed by atoms with Gasteiger partial charge in [0.25, 0.3) is 0 Å². The van der Waals surface area contributed by atoms with Crippen LogP contribution in [0.25, 0.3) is 0 Å². The maximum atomic E-state index is 9.79. The van der Waals surface area contributed by atoms with Crippen LogP contribution in [0.2, 0.25) is 10.0 Å². The summed E-state index contributed by atoms with van der Waals surface area (Å²) in [4.78, 5) is 3.89. The van der Waals surface area contributed by atoms with Gasteiger partial charge in [-0.1, -0.05) is 23.2 Å². The van der Waals surface area contributed by atoms with E-state index < -0.39 is 6.23 Å². The third-order valence-electron chi connectivity index (χ3n) is 2.41. The number of β-amino-alcohol motifs (C(OH)–C–C–N with tert-alkyl or cyclic N) is 1. The van der Waals surface area contributed by atoms with E-state index in [1.165, 1.54) is 0 Å². The van der Waals surface area contributed by atoms with E-state index in [-0.39, 0.29) is 0 Å². The predicted molar refractivity (Wildman–Crippen MR) is 62.4 cm³/mol. The Balaban J connectivity index is 2.29. The first kappa shape index (κ1) is 11.0. The number of halogens is 2. The summed E-state index contributed by atoms with van der Waals surface area (Å²) in [5.74, 6) is 0. The van der Waals surface area contributed by atoms with Crippen LogP contribution in [0.1, 0.15) is 0 Å². The Kier molecular flexibility index (Phi) is 3.07. The maximum Gasteiger partial charge on any atom is 0.140 e. The number of hydrogen-bond donors (Lipinski definition) is 1. The number of nitrogens with zero attached hydrogens (tertiary/aromatic N) is 2. The molecule has 3 nitrogen and oxygen atoms in total. The van der Waals surface area contributed by atoms with Gasteiger partial charge in [0.15, 0.2) is 0 Å². The zero-order valence-electron chi connectivity index (χ0n) is 8.32. The average Bonchev–Trinajstić information content (AvgIpc) is 2.43. The molecule has 2 rings (SSSR count). The Labute approximate surface area is 98.8 Å². The lowest BCUT2D eigenvalue weighted by atomic mass is 10.3. The van der Waals surface area contributed by atoms with Crippen molar-refractivity contribution >= 4 is 28.9 Å². The van der Waals surface area contributed by atoms with Gasteiger partial charge in [0.05, 0.1) is 6.67 Å². The van der Waals surface area contributed by atoms with Gasteiger partial charge in [-0.15, -0.1) is 0 Å². The van der Waals surface area contributed by atoms with E-state index in [2.05, 4.69) is 0 Å². The lowest BCUT2D eigenvalue weighted by molar-refractivity contribution is 0.184. The van der Waals surface area contributed by atoms with Crippen LogP contribution in [0, 0.1) is 0 Å². The highest BCUT2D eigenvalue weighted by Gasteiger charge is 2.26. The fourth-order valence-electron chi connectivity index (χ4n) is 1.75. The van der Waals surface area contributed by atoms with Crippen LogP contribution in [-0.2, 0) is 0 Å². The lowest BCUT2D eigenvalue weighted by Gasteiger charge is -2.22. The molecule has 1 fully saturated rings. The van der Waals surface area contributed by atoms with Crippen LogP contribution in [-0.4, -0.2) is 36.5 Å². The van der Waals surface area contributed by atoms with Crippen molar-refractivity contribution in [3.05, 3.63) is 28.2 Å². The summed E-state index contributed by atoms with van der Waals surface area (Å²) in [7, 11) is 1.95. The van der Waals surface area contributed by atoms with E-state index in [1.807, 2.05) is 16.8 Å². The second kappa shape index (κ2) is 4.18. The second-order valence-electron chi connectivity index (χ2n) is 3.76. The van der Waals surface area contributed by atoms with Gasteiger partial charge in [-0.25, -0.2) is 0 Å². The molecule has 5 heteroatoms. The van der Waals surface area contributed by atoms with Crippen LogP contribution in [0.4, 0.5) is 5.69 Å². The van der Waals surface area contributed by atoms with Gasteiger partial charge in [-0.2, -0.15) is 0 Å². The summed E-state index contributed by atoms with van der Waals surface area (Å²) in [6, 6.07) is 5.28. The van der Waals surface area contributed by atoms with E-state index in [9.17, 15) is 5.11 Å². The van der Waals surface area contributed by atoms with Crippen molar-refractivity contribution in [3.63, 3.8) is 0 Å². The molecule has 1 aromatic carbocycles. The SMILES string of the molecule is CN1CC(O)N(c2cc(Cl)cc(Cl)c2)C1. The molecule has 1 N–H and O–H groups in total. The smallest absolute Gasteiger partial charge is 0.140 e. The second-order valence-corrected chi connectivity index (χ2v) is 4.63. The lowest BCUT2D eigenvalue weighted by Crippen LogP contribution is -2.30. The molecule has 0 aromatic heterocycles. The Morgan fingerprint density at radius 3 is 2.33 bits per heavy atom. The summed E-state index contributed by atoms with van der Waals surface area (Å²) in [5, 5.41) is 11.0. The van der Waals surface area contributed by atoms with Crippen molar-refractivity contribution in [3.8, 4) is 0 Å². The molecule has 0 bridgehead atoms. The van der Waals surface area contributed by atoms with Crippen molar-refractivity contribution < 1.29 is 5.11 Å². The number of rotatable bonds is 1. The van der Waals surface area contributed by atoms with Gasteiger partial charge in [0.2, 0.25) is 0 Å². The monoisotopic (exact) mass is 246 g/mol. The van der Waals surface area contributed by atoms with Crippen LogP contribution in [0.5, 0.6) is 0 Å². The van der Waals surface area contributed by atoms with E-state index >= 15 is 0 Å². The predicted octanol–water partition coefficient (Wildman–Crippen LogP) is 2.02. The first-order valence-electron chi connectivity index (χ1n) is 4.65. The molecule has 1 aliphatic heterocycles. The zero-order valence-corrected chi connectivity index (χ0v) is 9.83. The van der Waals surface area contributed by atoms with Crippen LogP contribution >= 0.6 is 23.2 Å². The van der Waals surface area contributed by atoms with Gasteiger partial charge in [0.1, 0.15) is 6.23 Å². The average molecular weight is 247 g/mol. The third-order valence-corrected chi connectivity index (χ3v) is 2.84. The molecule has 1 unspecified atom stereocenters. The number of aliphatic hydroxyl groups excluding tert-OH is 1. The Morgan fingerprint density at radius 2 is 1.87 bits per heavy atom. The van der Waals surface area contributed by atoms with Crippen molar-refractivity contribution in [1.29, 1.82) is 0 Å². The van der Waals surface area contributed by atoms with Gasteiger partial charge < -0.3 is 10.0 Å². The minimum atomic E-state index is -0.496. The Morgan fingerprint density at radius 1 is 1.27 bits per heavy atom. The molecule has 15 heavy (non-hydrogen) atoms. The number of benzene rings is 1. The number of likely N-dealkylation sites (N-methyl/N-ethyl adjacent to an activating group) is 1. The van der Waals surface area contributed by atoms with E-state index in [1.54, 1.807) is 18.2 Å². The number of anilines is 1. The summed E-state index contributed by atoms with van der Waals surface area (Å²) >= 11 is 11.8. The molecular weight excluding hydrogens is 235 g/mol. The minimum Gasteiger partial charge on any atom is -0.372 e. The van der Waals surface area contributed by atoms with Crippen molar-refractivity contribution in [2.45, 2.75) is 6.23 Å². The quantitative estimate of drug-likeness (QED) is 0.822. The van der Waals surface area contributed by atoms with E-state index in [4.69, 9.17) is 23.2 Å². The zero-order chi connectivity index (χ0) is 11.0. The first-order chi connectivity index (χ1) is 7.06. The minimum absolute atomic E-state index is 0.496. The molecule has 0 spiro atoms. The fourth-order valence-corrected chi connectivity index (χ4v) is 2.26. The Bertz CT molecular complexity index is 352. The molecule has 1 aliphatic rings. The topological polar surface area (TPSA) is 26.7 Å². The number of hydrogen-bond acceptors (Lipinski definition) is 3. The highest BCUT2D eigenvalue weighted by Crippen LogP contribution is 2.28. The van der Waals surface area contributed by atoms with Crippen LogP contribution in [0.3, 0.4) is 0 Å². The van der Waals surface area contributed by atoms with Crippen molar-refractivity contribution in [2.24, 2.45) is 0 Å². The molecule has 0 saturated carbocycles. The fraction of sp³-hybridized carbons (Fsp3) is 0.400.